The molecular weight excluding hydrogens is 1180 g/mol. The van der Waals surface area contributed by atoms with E-state index in [2.05, 4.69) is 17.0 Å². The highest BCUT2D eigenvalue weighted by molar-refractivity contribution is 7.97. The number of rotatable bonds is 18. The number of nitrogens with zero attached hydrogens (tertiary/aromatic N) is 6. The van der Waals surface area contributed by atoms with Gasteiger partial charge in [0.1, 0.15) is 36.9 Å². The molecule has 3 heterocycles. The van der Waals surface area contributed by atoms with Crippen LogP contribution < -0.4 is 0 Å². The maximum atomic E-state index is 15.2. The lowest BCUT2D eigenvalue weighted by molar-refractivity contribution is -0.147. The zero-order valence-corrected chi connectivity index (χ0v) is 53.3. The number of hydrogen-bond donors (Lipinski definition) is 0. The molecule has 0 atom stereocenters. The molecule has 21 heteroatoms. The zero-order valence-electron chi connectivity index (χ0n) is 50.9. The average Bonchev–Trinajstić information content (AvgIpc) is 1.37. The second kappa shape index (κ2) is 26.1. The minimum absolute atomic E-state index is 0.00149. The van der Waals surface area contributed by atoms with E-state index in [0.717, 1.165) is 38.5 Å². The number of carbonyl (C=O) groups excluding carboxylic acids is 3. The molecule has 3 aromatic carbocycles. The quantitative estimate of drug-likeness (QED) is 0.0497. The molecule has 3 aliphatic carbocycles. The Labute approximate surface area is 518 Å². The van der Waals surface area contributed by atoms with Crippen LogP contribution >= 0.6 is 0 Å². The monoisotopic (exact) mass is 1250 g/mol. The maximum Gasteiger partial charge on any atom is 0.350 e. The average molecular weight is 1250 g/mol. The number of sulfone groups is 3. The van der Waals surface area contributed by atoms with Crippen molar-refractivity contribution in [2.45, 2.75) is 133 Å². The van der Waals surface area contributed by atoms with Crippen molar-refractivity contribution in [3.63, 3.8) is 0 Å². The van der Waals surface area contributed by atoms with Crippen LogP contribution in [-0.4, -0.2) is 117 Å². The molecule has 0 amide bonds. The Morgan fingerprint density at radius 2 is 0.739 bits per heavy atom. The van der Waals surface area contributed by atoms with Crippen LogP contribution in [0.1, 0.15) is 119 Å². The van der Waals surface area contributed by atoms with E-state index in [-0.39, 0.29) is 67.5 Å². The second-order valence-corrected chi connectivity index (χ2v) is 31.6. The second-order valence-electron chi connectivity index (χ2n) is 25.9. The summed E-state index contributed by atoms with van der Waals surface area (Å²) in [5.41, 5.74) is -0.349. The summed E-state index contributed by atoms with van der Waals surface area (Å²) in [6.07, 6.45) is 6.20. The summed E-state index contributed by atoms with van der Waals surface area (Å²) in [6, 6.07) is 26.1. The van der Waals surface area contributed by atoms with Crippen molar-refractivity contribution in [1.29, 1.82) is 10.5 Å². The van der Waals surface area contributed by atoms with Crippen molar-refractivity contribution in [2.24, 2.45) is 22.2 Å². The lowest BCUT2D eigenvalue weighted by Gasteiger charge is -2.38. The van der Waals surface area contributed by atoms with Crippen molar-refractivity contribution in [1.82, 2.24) is 14.7 Å². The Hall–Kier alpha value is -7.77. The summed E-state index contributed by atoms with van der Waals surface area (Å²) in [7, 11) is -14.4. The van der Waals surface area contributed by atoms with Crippen LogP contribution in [0.4, 0.5) is 0 Å². The first-order valence-electron chi connectivity index (χ1n) is 30.0. The molecule has 6 aliphatic rings. The van der Waals surface area contributed by atoms with Crippen molar-refractivity contribution in [2.75, 3.05) is 59.1 Å². The van der Waals surface area contributed by atoms with Crippen LogP contribution in [0.25, 0.3) is 4.85 Å². The van der Waals surface area contributed by atoms with Gasteiger partial charge in [-0.3, -0.25) is 0 Å². The summed E-state index contributed by atoms with van der Waals surface area (Å²) in [6.45, 7) is 21.0. The molecule has 9 rings (SSSR count). The van der Waals surface area contributed by atoms with E-state index in [1.807, 2.05) is 56.2 Å². The number of ether oxygens (including phenoxy) is 3. The Balaban J connectivity index is 1.17. The van der Waals surface area contributed by atoms with E-state index in [1.54, 1.807) is 18.2 Å². The smallest absolute Gasteiger partial charge is 0.350 e. The first-order valence-corrected chi connectivity index (χ1v) is 34.4. The molecule has 3 saturated heterocycles. The molecule has 0 aromatic heterocycles. The molecule has 0 radical (unpaired) electrons. The highest BCUT2D eigenvalue weighted by Crippen LogP contribution is 2.50. The van der Waals surface area contributed by atoms with Crippen molar-refractivity contribution in [3.8, 4) is 12.1 Å². The van der Waals surface area contributed by atoms with E-state index in [9.17, 15) is 10.5 Å². The molecule has 464 valence electrons. The predicted octanol–water partition coefficient (Wildman–Crippen LogP) is 10.8. The normalized spacial score (nSPS) is 21.3. The summed E-state index contributed by atoms with van der Waals surface area (Å²) in [4.78, 5) is 52.4. The highest BCUT2D eigenvalue weighted by Gasteiger charge is 2.45. The van der Waals surface area contributed by atoms with Crippen LogP contribution in [0.2, 0.25) is 0 Å². The molecule has 0 N–H and O–H groups in total. The summed E-state index contributed by atoms with van der Waals surface area (Å²) in [5, 5.41) is 21.9. The molecule has 0 bridgehead atoms. The van der Waals surface area contributed by atoms with Gasteiger partial charge in [-0.1, -0.05) is 96.1 Å². The Bertz CT molecular complexity index is 3530. The SMILES string of the molecule is [C-]#[N+]C1=C(N2CCCC2)CC(C)(C)C/C1=C(\C(=O)OCC(COC(=O)/C(=C1\CC(C)(C)CC(N2CCCC2)=C1C#N)S(=O)(=O)c1ccccc1)COC(=O)/C(=C1\CC(C)(C)CC(N2CCCC2)=C1C#N)S(=O)(=O)c1ccccc1)S(=O)(=O)c1ccccc1. The third-order valence-electron chi connectivity index (χ3n) is 17.1. The van der Waals surface area contributed by atoms with E-state index in [1.165, 1.54) is 72.8 Å². The largest absolute Gasteiger partial charge is 0.461 e. The lowest BCUT2D eigenvalue weighted by atomic mass is 9.73. The van der Waals surface area contributed by atoms with Crippen molar-refractivity contribution >= 4 is 47.4 Å². The number of nitriles is 2. The third-order valence-corrected chi connectivity index (χ3v) is 22.7. The fourth-order valence-electron chi connectivity index (χ4n) is 13.0. The predicted molar refractivity (Wildman–Crippen MR) is 329 cm³/mol. The number of benzene rings is 3. The fourth-order valence-corrected chi connectivity index (χ4v) is 17.6. The Kier molecular flexibility index (Phi) is 19.2. The minimum atomic E-state index is -4.81. The van der Waals surface area contributed by atoms with E-state index in [0.29, 0.717) is 75.6 Å². The Morgan fingerprint density at radius 3 is 1.03 bits per heavy atom. The van der Waals surface area contributed by atoms with E-state index < -0.39 is 104 Å². The molecule has 3 fully saturated rings. The van der Waals surface area contributed by atoms with E-state index >= 15 is 39.6 Å². The van der Waals surface area contributed by atoms with Crippen molar-refractivity contribution in [3.05, 3.63) is 168 Å². The lowest BCUT2D eigenvalue weighted by Crippen LogP contribution is -2.34. The number of likely N-dealkylation sites (tertiary alicyclic amines) is 3. The molecule has 88 heavy (non-hydrogen) atoms. The molecular formula is C67H76N6O12S3. The van der Waals surface area contributed by atoms with Crippen molar-refractivity contribution < 1.29 is 53.8 Å². The molecule has 0 saturated carbocycles. The van der Waals surface area contributed by atoms with Gasteiger partial charge >= 0.3 is 17.9 Å². The van der Waals surface area contributed by atoms with Gasteiger partial charge in [-0.25, -0.2) is 44.5 Å². The van der Waals surface area contributed by atoms with Crippen LogP contribution in [0.3, 0.4) is 0 Å². The molecule has 18 nitrogen and oxygen atoms in total. The summed E-state index contributed by atoms with van der Waals surface area (Å²) in [5.74, 6) is -5.69. The van der Waals surface area contributed by atoms with Gasteiger partial charge in [-0.2, -0.15) is 10.5 Å². The topological polar surface area (TPSA) is 243 Å². The number of carbonyl (C=O) groups is 3. The highest BCUT2D eigenvalue weighted by atomic mass is 32.2. The van der Waals surface area contributed by atoms with Gasteiger partial charge in [-0.15, -0.1) is 0 Å². The molecule has 3 aliphatic heterocycles. The fraction of sp³-hybridized carbons (Fsp3) is 0.463. The van der Waals surface area contributed by atoms with Crippen LogP contribution in [0.15, 0.2) is 171 Å². The first-order chi connectivity index (χ1) is 41.7. The van der Waals surface area contributed by atoms with Gasteiger partial charge in [-0.05, 0) is 146 Å². The zero-order chi connectivity index (χ0) is 63.4. The van der Waals surface area contributed by atoms with Gasteiger partial charge in [0.25, 0.3) is 0 Å². The maximum absolute atomic E-state index is 15.2. The molecule has 0 unspecified atom stereocenters. The van der Waals surface area contributed by atoms with Crippen LogP contribution in [0, 0.1) is 51.4 Å². The molecule has 3 aromatic rings. The van der Waals surface area contributed by atoms with Gasteiger partial charge in [0, 0.05) is 56.4 Å². The standard InChI is InChI=1S/C67H76N6O12S3/c1-65(2)35-50(53(41-68)55(38-65)71-29-17-18-30-71)59(86(77,78)47-23-11-8-12-24-47)62(74)83-43-46(44-84-63(75)60(87(79,80)48-25-13-9-14-26-48)51-36-66(3,4)39-56(54(51)42-69)72-31-19-20-32-72)45-85-64(76)61(88(81,82)49-27-15-10-16-28-49)52-37-67(5,6)40-57(58(52)70-7)73-33-21-22-34-73/h8-16,23-28,46H,17-22,29-40,43-45H2,1-6H3/b59-50-,60-51-,61-52-. The third kappa shape index (κ3) is 13.7. The van der Waals surface area contributed by atoms with Gasteiger partial charge < -0.3 is 28.9 Å². The van der Waals surface area contributed by atoms with Crippen LogP contribution in [-0.2, 0) is 58.1 Å². The number of esters is 3. The molecule has 0 spiro atoms. The van der Waals surface area contributed by atoms with Crippen LogP contribution in [0.5, 0.6) is 0 Å². The summed E-state index contributed by atoms with van der Waals surface area (Å²) < 4.78 is 109. The van der Waals surface area contributed by atoms with Gasteiger partial charge in [0.2, 0.25) is 35.2 Å². The number of allylic oxidation sites excluding steroid dienone is 8. The summed E-state index contributed by atoms with van der Waals surface area (Å²) >= 11 is 0. The van der Waals surface area contributed by atoms with Gasteiger partial charge in [0.05, 0.1) is 38.3 Å². The van der Waals surface area contributed by atoms with Gasteiger partial charge in [0.15, 0.2) is 9.81 Å². The Morgan fingerprint density at radius 1 is 0.466 bits per heavy atom. The number of hydrogen-bond acceptors (Lipinski definition) is 17. The minimum Gasteiger partial charge on any atom is -0.461 e. The first kappa shape index (κ1) is 64.7. The van der Waals surface area contributed by atoms with E-state index in [4.69, 9.17) is 20.8 Å².